The van der Waals surface area contributed by atoms with Crippen molar-refractivity contribution in [2.24, 2.45) is 0 Å². The van der Waals surface area contributed by atoms with Gasteiger partial charge in [0.15, 0.2) is 0 Å². The van der Waals surface area contributed by atoms with E-state index >= 15 is 0 Å². The van der Waals surface area contributed by atoms with Crippen LogP contribution in [0.1, 0.15) is 12.8 Å². The molecule has 0 aromatic rings. The minimum atomic E-state index is 0.327. The number of methoxy groups -OCH3 is 1. The molecule has 10 heavy (non-hydrogen) atoms. The van der Waals surface area contributed by atoms with Gasteiger partial charge < -0.3 is 10.1 Å². The molecule has 58 valence electrons. The van der Waals surface area contributed by atoms with Gasteiger partial charge in [0.05, 0.1) is 6.10 Å². The summed E-state index contributed by atoms with van der Waals surface area (Å²) in [5.74, 6) is 0. The highest BCUT2D eigenvalue weighted by molar-refractivity contribution is 4.91. The highest BCUT2D eigenvalue weighted by Gasteiger charge is 2.02. The monoisotopic (exact) mass is 141 g/mol. The summed E-state index contributed by atoms with van der Waals surface area (Å²) in [5, 5.41) is 3.32. The molecule has 0 aromatic carbocycles. The maximum absolute atomic E-state index is 5.20. The molecule has 0 saturated heterocycles. The van der Waals surface area contributed by atoms with Crippen LogP contribution in [-0.4, -0.2) is 26.3 Å². The smallest absolute Gasteiger partial charge is 0.0764 e. The Labute approximate surface area is 62.3 Å². The third-order valence-electron chi connectivity index (χ3n) is 1.75. The van der Waals surface area contributed by atoms with Crippen molar-refractivity contribution in [3.8, 4) is 0 Å². The van der Waals surface area contributed by atoms with Gasteiger partial charge >= 0.3 is 0 Å². The lowest BCUT2D eigenvalue weighted by atomic mass is 10.2. The zero-order valence-corrected chi connectivity index (χ0v) is 6.47. The fraction of sp³-hybridized carbons (Fsp3) is 0.750. The van der Waals surface area contributed by atoms with Crippen LogP contribution in [0.4, 0.5) is 0 Å². The standard InChI is InChI=1S/C8H15NO/c1-10-8-4-2-3-6-9-7-5-8/h2,4,8-9H,3,5-7H2,1H3/b4-2-. The van der Waals surface area contributed by atoms with Gasteiger partial charge in [-0.2, -0.15) is 0 Å². The van der Waals surface area contributed by atoms with Gasteiger partial charge in [0.2, 0.25) is 0 Å². The summed E-state index contributed by atoms with van der Waals surface area (Å²) in [6.07, 6.45) is 6.88. The largest absolute Gasteiger partial charge is 0.377 e. The molecule has 1 aliphatic rings. The van der Waals surface area contributed by atoms with Gasteiger partial charge in [-0.3, -0.25) is 0 Å². The Morgan fingerprint density at radius 1 is 1.50 bits per heavy atom. The molecule has 0 aliphatic carbocycles. The van der Waals surface area contributed by atoms with Crippen molar-refractivity contribution in [3.05, 3.63) is 12.2 Å². The van der Waals surface area contributed by atoms with E-state index in [4.69, 9.17) is 4.74 Å². The molecule has 0 amide bonds. The summed E-state index contributed by atoms with van der Waals surface area (Å²) >= 11 is 0. The zero-order valence-electron chi connectivity index (χ0n) is 6.47. The molecule has 0 aromatic heterocycles. The van der Waals surface area contributed by atoms with E-state index in [0.717, 1.165) is 25.9 Å². The lowest BCUT2D eigenvalue weighted by Gasteiger charge is -2.13. The quantitative estimate of drug-likeness (QED) is 0.549. The molecule has 0 radical (unpaired) electrons. The second kappa shape index (κ2) is 4.47. The topological polar surface area (TPSA) is 21.3 Å². The third-order valence-corrected chi connectivity index (χ3v) is 1.75. The average molecular weight is 141 g/mol. The van der Waals surface area contributed by atoms with E-state index in [1.807, 2.05) is 0 Å². The number of ether oxygens (including phenoxy) is 1. The highest BCUT2D eigenvalue weighted by atomic mass is 16.5. The van der Waals surface area contributed by atoms with Crippen LogP contribution >= 0.6 is 0 Å². The van der Waals surface area contributed by atoms with Crippen LogP contribution in [0.3, 0.4) is 0 Å². The van der Waals surface area contributed by atoms with Crippen LogP contribution in [0.25, 0.3) is 0 Å². The van der Waals surface area contributed by atoms with Gasteiger partial charge in [-0.15, -0.1) is 0 Å². The van der Waals surface area contributed by atoms with E-state index < -0.39 is 0 Å². The van der Waals surface area contributed by atoms with Crippen LogP contribution in [0.15, 0.2) is 12.2 Å². The number of hydrogen-bond donors (Lipinski definition) is 1. The van der Waals surface area contributed by atoms with E-state index in [0.29, 0.717) is 6.10 Å². The van der Waals surface area contributed by atoms with E-state index in [-0.39, 0.29) is 0 Å². The van der Waals surface area contributed by atoms with Gasteiger partial charge in [-0.05, 0) is 25.9 Å². The molecule has 1 aliphatic heterocycles. The van der Waals surface area contributed by atoms with Gasteiger partial charge in [-0.25, -0.2) is 0 Å². The van der Waals surface area contributed by atoms with Crippen molar-refractivity contribution in [1.29, 1.82) is 0 Å². The Morgan fingerprint density at radius 2 is 2.40 bits per heavy atom. The molecule has 1 heterocycles. The van der Waals surface area contributed by atoms with Crippen LogP contribution < -0.4 is 5.32 Å². The van der Waals surface area contributed by atoms with Gasteiger partial charge in [-0.1, -0.05) is 12.2 Å². The molecule has 0 fully saturated rings. The maximum Gasteiger partial charge on any atom is 0.0764 e. The maximum atomic E-state index is 5.20. The fourth-order valence-corrected chi connectivity index (χ4v) is 1.10. The Kier molecular flexibility index (Phi) is 3.47. The van der Waals surface area contributed by atoms with E-state index in [1.165, 1.54) is 0 Å². The van der Waals surface area contributed by atoms with Crippen LogP contribution in [0.2, 0.25) is 0 Å². The molecule has 1 unspecified atom stereocenters. The predicted molar refractivity (Wildman–Crippen MR) is 42.0 cm³/mol. The Hall–Kier alpha value is -0.340. The van der Waals surface area contributed by atoms with Crippen molar-refractivity contribution in [2.45, 2.75) is 18.9 Å². The SMILES string of the molecule is COC1/C=C\CCNCC1. The second-order valence-electron chi connectivity index (χ2n) is 2.53. The molecule has 1 atom stereocenters. The third kappa shape index (κ3) is 2.50. The van der Waals surface area contributed by atoms with Crippen molar-refractivity contribution >= 4 is 0 Å². The lowest BCUT2D eigenvalue weighted by Crippen LogP contribution is -2.23. The molecule has 2 nitrogen and oxygen atoms in total. The molecule has 1 rings (SSSR count). The zero-order chi connectivity index (χ0) is 7.23. The molecule has 0 saturated carbocycles. The van der Waals surface area contributed by atoms with E-state index in [1.54, 1.807) is 7.11 Å². The van der Waals surface area contributed by atoms with E-state index in [2.05, 4.69) is 17.5 Å². The van der Waals surface area contributed by atoms with Crippen molar-refractivity contribution in [3.63, 3.8) is 0 Å². The summed E-state index contributed by atoms with van der Waals surface area (Å²) in [6, 6.07) is 0. The molecule has 0 bridgehead atoms. The van der Waals surface area contributed by atoms with Crippen LogP contribution in [-0.2, 0) is 4.74 Å². The summed E-state index contributed by atoms with van der Waals surface area (Å²) < 4.78 is 5.20. The lowest BCUT2D eigenvalue weighted by molar-refractivity contribution is 0.132. The van der Waals surface area contributed by atoms with Gasteiger partial charge in [0.25, 0.3) is 0 Å². The summed E-state index contributed by atoms with van der Waals surface area (Å²) in [6.45, 7) is 2.18. The molecular formula is C8H15NO. The number of hydrogen-bond acceptors (Lipinski definition) is 2. The number of rotatable bonds is 1. The normalized spacial score (nSPS) is 30.7. The predicted octanol–water partition coefficient (Wildman–Crippen LogP) is 0.941. The summed E-state index contributed by atoms with van der Waals surface area (Å²) in [5.41, 5.74) is 0. The average Bonchev–Trinajstić information content (AvgIpc) is 1.87. The van der Waals surface area contributed by atoms with E-state index in [9.17, 15) is 0 Å². The first kappa shape index (κ1) is 7.76. The van der Waals surface area contributed by atoms with Crippen molar-refractivity contribution in [1.82, 2.24) is 5.32 Å². The Balaban J connectivity index is 2.33. The minimum Gasteiger partial charge on any atom is -0.377 e. The van der Waals surface area contributed by atoms with Gasteiger partial charge in [0, 0.05) is 7.11 Å². The first-order valence-electron chi connectivity index (χ1n) is 3.83. The molecule has 0 spiro atoms. The molecule has 2 heteroatoms. The summed E-state index contributed by atoms with van der Waals surface area (Å²) in [7, 11) is 1.76. The minimum absolute atomic E-state index is 0.327. The molecular weight excluding hydrogens is 126 g/mol. The molecule has 1 N–H and O–H groups in total. The van der Waals surface area contributed by atoms with Gasteiger partial charge in [0.1, 0.15) is 0 Å². The summed E-state index contributed by atoms with van der Waals surface area (Å²) in [4.78, 5) is 0. The number of nitrogens with one attached hydrogen (secondary N) is 1. The van der Waals surface area contributed by atoms with Crippen molar-refractivity contribution in [2.75, 3.05) is 20.2 Å². The van der Waals surface area contributed by atoms with Crippen LogP contribution in [0.5, 0.6) is 0 Å². The first-order valence-corrected chi connectivity index (χ1v) is 3.83. The van der Waals surface area contributed by atoms with Crippen molar-refractivity contribution < 1.29 is 4.74 Å². The Bertz CT molecular complexity index is 112. The highest BCUT2D eigenvalue weighted by Crippen LogP contribution is 2.01. The van der Waals surface area contributed by atoms with Crippen LogP contribution in [0, 0.1) is 0 Å². The fourth-order valence-electron chi connectivity index (χ4n) is 1.10. The Morgan fingerprint density at radius 3 is 3.20 bits per heavy atom. The second-order valence-corrected chi connectivity index (χ2v) is 2.53. The first-order chi connectivity index (χ1) is 4.93.